The highest BCUT2D eigenvalue weighted by atomic mass is 35.5. The number of nitrogens with two attached hydrogens (primary N) is 1. The second-order valence-corrected chi connectivity index (χ2v) is 3.01. The molecule has 2 nitrogen and oxygen atoms in total. The van der Waals surface area contributed by atoms with E-state index in [0.717, 1.165) is 11.1 Å². The highest BCUT2D eigenvalue weighted by Gasteiger charge is 2.05. The molecule has 0 aliphatic carbocycles. The predicted octanol–water partition coefficient (Wildman–Crippen LogP) is 2.23. The molecule has 0 unspecified atom stereocenters. The summed E-state index contributed by atoms with van der Waals surface area (Å²) >= 11 is 5.69. The molecule has 0 bridgehead atoms. The minimum atomic E-state index is -0.158. The van der Waals surface area contributed by atoms with E-state index >= 15 is 0 Å². The number of aromatic nitrogens is 1. The maximum Gasteiger partial charge on any atom is 0.129 e. The first-order valence-electron chi connectivity index (χ1n) is 3.65. The molecule has 2 N–H and O–H groups in total. The quantitative estimate of drug-likeness (QED) is 0.563. The third-order valence-electron chi connectivity index (χ3n) is 1.73. The maximum absolute atomic E-state index is 5.74. The molecule has 0 radical (unpaired) electrons. The summed E-state index contributed by atoms with van der Waals surface area (Å²) in [7, 11) is 0. The summed E-state index contributed by atoms with van der Waals surface area (Å²) in [4.78, 5) is 3.95. The standard InChI is InChI=1S/C9H11ClN2/c1-3-8(11)7-5-12-9(10)4-6(7)2/h3-5,8H,1,11H2,2H3/t8-/m1/s1. The first-order chi connectivity index (χ1) is 5.65. The van der Waals surface area contributed by atoms with Gasteiger partial charge in [-0.15, -0.1) is 6.58 Å². The molecule has 1 aromatic rings. The number of hydrogen-bond donors (Lipinski definition) is 1. The van der Waals surface area contributed by atoms with Crippen molar-refractivity contribution < 1.29 is 0 Å². The minimum absolute atomic E-state index is 0.158. The monoisotopic (exact) mass is 182 g/mol. The highest BCUT2D eigenvalue weighted by Crippen LogP contribution is 2.17. The maximum atomic E-state index is 5.74. The summed E-state index contributed by atoms with van der Waals surface area (Å²) in [5.74, 6) is 0. The van der Waals surface area contributed by atoms with Crippen LogP contribution in [0.4, 0.5) is 0 Å². The van der Waals surface area contributed by atoms with Gasteiger partial charge in [0.05, 0.1) is 0 Å². The van der Waals surface area contributed by atoms with Crippen LogP contribution in [0.5, 0.6) is 0 Å². The summed E-state index contributed by atoms with van der Waals surface area (Å²) in [5.41, 5.74) is 7.75. The lowest BCUT2D eigenvalue weighted by atomic mass is 10.1. The van der Waals surface area contributed by atoms with Gasteiger partial charge in [0.1, 0.15) is 5.15 Å². The lowest BCUT2D eigenvalue weighted by Crippen LogP contribution is -2.08. The van der Waals surface area contributed by atoms with Gasteiger partial charge >= 0.3 is 0 Å². The second kappa shape index (κ2) is 3.70. The van der Waals surface area contributed by atoms with Crippen molar-refractivity contribution in [1.82, 2.24) is 4.98 Å². The lowest BCUT2D eigenvalue weighted by molar-refractivity contribution is 0.891. The highest BCUT2D eigenvalue weighted by molar-refractivity contribution is 6.29. The van der Waals surface area contributed by atoms with Crippen molar-refractivity contribution in [1.29, 1.82) is 0 Å². The van der Waals surface area contributed by atoms with Gasteiger partial charge in [-0.3, -0.25) is 0 Å². The molecule has 1 heterocycles. The van der Waals surface area contributed by atoms with Crippen molar-refractivity contribution in [2.24, 2.45) is 5.73 Å². The Morgan fingerprint density at radius 2 is 2.42 bits per heavy atom. The number of nitrogens with zero attached hydrogens (tertiary/aromatic N) is 1. The van der Waals surface area contributed by atoms with Gasteiger partial charge in [0.2, 0.25) is 0 Å². The van der Waals surface area contributed by atoms with Gasteiger partial charge in [-0.2, -0.15) is 0 Å². The third-order valence-corrected chi connectivity index (χ3v) is 1.94. The van der Waals surface area contributed by atoms with Crippen molar-refractivity contribution in [2.45, 2.75) is 13.0 Å². The van der Waals surface area contributed by atoms with E-state index in [4.69, 9.17) is 17.3 Å². The molecule has 0 spiro atoms. The number of hydrogen-bond acceptors (Lipinski definition) is 2. The predicted molar refractivity (Wildman–Crippen MR) is 51.1 cm³/mol. The number of rotatable bonds is 2. The van der Waals surface area contributed by atoms with E-state index in [9.17, 15) is 0 Å². The molecular weight excluding hydrogens is 172 g/mol. The molecule has 12 heavy (non-hydrogen) atoms. The molecule has 1 rings (SSSR count). The molecule has 1 aromatic heterocycles. The average molecular weight is 183 g/mol. The van der Waals surface area contributed by atoms with Crippen LogP contribution in [0.15, 0.2) is 24.9 Å². The Morgan fingerprint density at radius 1 is 1.75 bits per heavy atom. The Bertz CT molecular complexity index is 297. The Balaban J connectivity index is 3.09. The van der Waals surface area contributed by atoms with Crippen LogP contribution in [0.2, 0.25) is 5.15 Å². The van der Waals surface area contributed by atoms with Crippen LogP contribution in [-0.2, 0) is 0 Å². The van der Waals surface area contributed by atoms with Gasteiger partial charge < -0.3 is 5.73 Å². The van der Waals surface area contributed by atoms with Crippen LogP contribution >= 0.6 is 11.6 Å². The van der Waals surface area contributed by atoms with E-state index in [0.29, 0.717) is 5.15 Å². The Morgan fingerprint density at radius 3 is 2.92 bits per heavy atom. The molecule has 0 aromatic carbocycles. The molecule has 0 aliphatic heterocycles. The smallest absolute Gasteiger partial charge is 0.129 e. The van der Waals surface area contributed by atoms with E-state index in [-0.39, 0.29) is 6.04 Å². The van der Waals surface area contributed by atoms with Gasteiger partial charge in [-0.05, 0) is 24.1 Å². The summed E-state index contributed by atoms with van der Waals surface area (Å²) in [6.45, 7) is 5.57. The van der Waals surface area contributed by atoms with Gasteiger partial charge in [0, 0.05) is 12.2 Å². The SMILES string of the molecule is C=C[C@@H](N)c1cnc(Cl)cc1C. The van der Waals surface area contributed by atoms with Crippen LogP contribution in [0.3, 0.4) is 0 Å². The molecule has 0 amide bonds. The number of halogens is 1. The van der Waals surface area contributed by atoms with Crippen molar-refractivity contribution in [3.63, 3.8) is 0 Å². The summed E-state index contributed by atoms with van der Waals surface area (Å²) in [6.07, 6.45) is 3.36. The van der Waals surface area contributed by atoms with Crippen LogP contribution < -0.4 is 5.73 Å². The fourth-order valence-corrected chi connectivity index (χ4v) is 1.22. The Labute approximate surface area is 77.1 Å². The first-order valence-corrected chi connectivity index (χ1v) is 4.03. The fraction of sp³-hybridized carbons (Fsp3) is 0.222. The zero-order valence-corrected chi connectivity index (χ0v) is 7.67. The summed E-state index contributed by atoms with van der Waals surface area (Å²) in [5, 5.41) is 0.493. The summed E-state index contributed by atoms with van der Waals surface area (Å²) < 4.78 is 0. The van der Waals surface area contributed by atoms with Gasteiger partial charge in [0.25, 0.3) is 0 Å². The largest absolute Gasteiger partial charge is 0.321 e. The van der Waals surface area contributed by atoms with Crippen molar-refractivity contribution >= 4 is 11.6 Å². The number of pyridine rings is 1. The van der Waals surface area contributed by atoms with Crippen LogP contribution in [0.25, 0.3) is 0 Å². The van der Waals surface area contributed by atoms with E-state index in [1.54, 1.807) is 18.3 Å². The topological polar surface area (TPSA) is 38.9 Å². The van der Waals surface area contributed by atoms with Crippen molar-refractivity contribution in [2.75, 3.05) is 0 Å². The molecule has 0 aliphatic rings. The van der Waals surface area contributed by atoms with Crippen molar-refractivity contribution in [3.8, 4) is 0 Å². The Hall–Kier alpha value is -0.860. The van der Waals surface area contributed by atoms with E-state index < -0.39 is 0 Å². The lowest BCUT2D eigenvalue weighted by Gasteiger charge is -2.09. The number of aryl methyl sites for hydroxylation is 1. The molecular formula is C9H11ClN2. The van der Waals surface area contributed by atoms with Gasteiger partial charge in [-0.1, -0.05) is 17.7 Å². The zero-order chi connectivity index (χ0) is 9.14. The zero-order valence-electron chi connectivity index (χ0n) is 6.92. The van der Waals surface area contributed by atoms with E-state index in [1.165, 1.54) is 0 Å². The molecule has 0 fully saturated rings. The molecule has 0 saturated heterocycles. The van der Waals surface area contributed by atoms with Gasteiger partial charge in [-0.25, -0.2) is 4.98 Å². The molecule has 1 atom stereocenters. The van der Waals surface area contributed by atoms with Crippen LogP contribution in [-0.4, -0.2) is 4.98 Å². The van der Waals surface area contributed by atoms with Gasteiger partial charge in [0.15, 0.2) is 0 Å². The molecule has 0 saturated carbocycles. The average Bonchev–Trinajstić information content (AvgIpc) is 2.03. The van der Waals surface area contributed by atoms with E-state index in [2.05, 4.69) is 11.6 Å². The van der Waals surface area contributed by atoms with E-state index in [1.807, 2.05) is 6.92 Å². The normalized spacial score (nSPS) is 12.6. The molecule has 64 valence electrons. The first kappa shape index (κ1) is 9.23. The fourth-order valence-electron chi connectivity index (χ4n) is 1.01. The van der Waals surface area contributed by atoms with Crippen molar-refractivity contribution in [3.05, 3.63) is 41.2 Å². The molecule has 3 heteroatoms. The van der Waals surface area contributed by atoms with Crippen LogP contribution in [0, 0.1) is 6.92 Å². The third kappa shape index (κ3) is 1.84. The summed E-state index contributed by atoms with van der Waals surface area (Å²) in [6, 6.07) is 1.63. The Kier molecular flexibility index (Phi) is 2.84. The minimum Gasteiger partial charge on any atom is -0.321 e. The second-order valence-electron chi connectivity index (χ2n) is 2.63. The van der Waals surface area contributed by atoms with Crippen LogP contribution in [0.1, 0.15) is 17.2 Å².